The molecule has 23 heavy (non-hydrogen) atoms. The van der Waals surface area contributed by atoms with Crippen LogP contribution in [-0.4, -0.2) is 29.8 Å². The Bertz CT molecular complexity index is 923. The summed E-state index contributed by atoms with van der Waals surface area (Å²) in [5.74, 6) is 0.774. The van der Waals surface area contributed by atoms with Gasteiger partial charge in [-0.1, -0.05) is 17.8 Å². The van der Waals surface area contributed by atoms with Crippen molar-refractivity contribution in [2.45, 2.75) is 10.9 Å². The minimum absolute atomic E-state index is 0.733. The van der Waals surface area contributed by atoms with Gasteiger partial charge in [0.25, 0.3) is 0 Å². The third-order valence-electron chi connectivity index (χ3n) is 3.30. The summed E-state index contributed by atoms with van der Waals surface area (Å²) in [4.78, 5) is 8.16. The molecule has 6 nitrogen and oxygen atoms in total. The van der Waals surface area contributed by atoms with E-state index in [4.69, 9.17) is 0 Å². The van der Waals surface area contributed by atoms with Crippen molar-refractivity contribution < 1.29 is 0 Å². The molecule has 0 aliphatic heterocycles. The molecule has 4 rings (SSSR count). The zero-order valence-electron chi connectivity index (χ0n) is 12.1. The molecular weight excluding hydrogens is 308 g/mol. The van der Waals surface area contributed by atoms with E-state index in [9.17, 15) is 0 Å². The van der Waals surface area contributed by atoms with Crippen molar-refractivity contribution in [2.75, 3.05) is 0 Å². The molecule has 4 aromatic rings. The molecule has 0 radical (unpaired) electrons. The van der Waals surface area contributed by atoms with E-state index < -0.39 is 0 Å². The number of hydrogen-bond donors (Lipinski definition) is 0. The maximum Gasteiger partial charge on any atom is 0.212 e. The number of thioether (sulfide) groups is 1. The molecule has 0 aromatic carbocycles. The van der Waals surface area contributed by atoms with Crippen LogP contribution in [0.4, 0.5) is 0 Å². The normalized spacial score (nSPS) is 11.0. The highest BCUT2D eigenvalue weighted by Gasteiger charge is 2.09. The molecule has 0 unspecified atom stereocenters. The Hall–Kier alpha value is -2.80. The van der Waals surface area contributed by atoms with Gasteiger partial charge in [0, 0.05) is 36.1 Å². The second kappa shape index (κ2) is 6.13. The predicted molar refractivity (Wildman–Crippen MR) is 87.8 cm³/mol. The van der Waals surface area contributed by atoms with Crippen LogP contribution in [0.5, 0.6) is 0 Å². The SMILES string of the molecule is c1cncc(CSc2nnc3ccc(-c4ccncc4)nn23)c1. The van der Waals surface area contributed by atoms with Crippen molar-refractivity contribution in [3.8, 4) is 11.3 Å². The van der Waals surface area contributed by atoms with Gasteiger partial charge in [0.1, 0.15) is 0 Å². The highest BCUT2D eigenvalue weighted by molar-refractivity contribution is 7.98. The fourth-order valence-corrected chi connectivity index (χ4v) is 2.99. The molecule has 112 valence electrons. The number of rotatable bonds is 4. The topological polar surface area (TPSA) is 68.9 Å². The van der Waals surface area contributed by atoms with Gasteiger partial charge in [0.15, 0.2) is 5.65 Å². The van der Waals surface area contributed by atoms with E-state index in [2.05, 4.69) is 25.3 Å². The van der Waals surface area contributed by atoms with Gasteiger partial charge in [0.05, 0.1) is 5.69 Å². The maximum atomic E-state index is 4.65. The summed E-state index contributed by atoms with van der Waals surface area (Å²) >= 11 is 1.59. The Labute approximate surface area is 136 Å². The molecular formula is C16H12N6S. The lowest BCUT2D eigenvalue weighted by molar-refractivity contribution is 0.812. The molecule has 0 aliphatic rings. The Balaban J connectivity index is 1.65. The van der Waals surface area contributed by atoms with Gasteiger partial charge in [-0.25, -0.2) is 0 Å². The first-order chi connectivity index (χ1) is 11.4. The molecule has 0 aliphatic carbocycles. The molecule has 4 aromatic heterocycles. The lowest BCUT2D eigenvalue weighted by Gasteiger charge is -2.03. The Morgan fingerprint density at radius 1 is 0.913 bits per heavy atom. The Morgan fingerprint density at radius 3 is 2.65 bits per heavy atom. The summed E-state index contributed by atoms with van der Waals surface area (Å²) in [6.45, 7) is 0. The molecule has 4 heterocycles. The van der Waals surface area contributed by atoms with E-state index in [0.717, 1.165) is 33.4 Å². The smallest absolute Gasteiger partial charge is 0.212 e. The Morgan fingerprint density at radius 2 is 1.83 bits per heavy atom. The molecule has 0 N–H and O–H groups in total. The van der Waals surface area contributed by atoms with Crippen molar-refractivity contribution in [1.82, 2.24) is 29.8 Å². The van der Waals surface area contributed by atoms with Gasteiger partial charge in [-0.05, 0) is 35.9 Å². The third-order valence-corrected chi connectivity index (χ3v) is 4.29. The zero-order valence-corrected chi connectivity index (χ0v) is 12.9. The maximum absolute atomic E-state index is 4.65. The van der Waals surface area contributed by atoms with Crippen LogP contribution in [0.2, 0.25) is 0 Å². The average molecular weight is 320 g/mol. The van der Waals surface area contributed by atoms with Crippen LogP contribution in [0.25, 0.3) is 16.9 Å². The minimum Gasteiger partial charge on any atom is -0.265 e. The summed E-state index contributed by atoms with van der Waals surface area (Å²) in [7, 11) is 0. The largest absolute Gasteiger partial charge is 0.265 e. The van der Waals surface area contributed by atoms with Crippen LogP contribution in [0.1, 0.15) is 5.56 Å². The molecule has 0 amide bonds. The van der Waals surface area contributed by atoms with Crippen LogP contribution in [0, 0.1) is 0 Å². The first-order valence-electron chi connectivity index (χ1n) is 7.05. The van der Waals surface area contributed by atoms with Crippen molar-refractivity contribution in [3.05, 3.63) is 66.7 Å². The third kappa shape index (κ3) is 2.91. The van der Waals surface area contributed by atoms with E-state index in [1.54, 1.807) is 34.9 Å². The fourth-order valence-electron chi connectivity index (χ4n) is 2.17. The monoisotopic (exact) mass is 320 g/mol. The van der Waals surface area contributed by atoms with Gasteiger partial charge in [0.2, 0.25) is 5.16 Å². The molecule has 0 saturated heterocycles. The second-order valence-corrected chi connectivity index (χ2v) is 5.80. The van der Waals surface area contributed by atoms with Crippen molar-refractivity contribution in [3.63, 3.8) is 0 Å². The van der Waals surface area contributed by atoms with Crippen LogP contribution in [0.3, 0.4) is 0 Å². The highest BCUT2D eigenvalue weighted by Crippen LogP contribution is 2.22. The van der Waals surface area contributed by atoms with E-state index in [0.29, 0.717) is 0 Å². The van der Waals surface area contributed by atoms with Crippen LogP contribution >= 0.6 is 11.8 Å². The van der Waals surface area contributed by atoms with Gasteiger partial charge >= 0.3 is 0 Å². The van der Waals surface area contributed by atoms with Gasteiger partial charge in [-0.2, -0.15) is 9.61 Å². The molecule has 0 saturated carbocycles. The van der Waals surface area contributed by atoms with E-state index in [-0.39, 0.29) is 0 Å². The molecule has 0 atom stereocenters. The van der Waals surface area contributed by atoms with Crippen molar-refractivity contribution >= 4 is 17.4 Å². The second-order valence-electron chi connectivity index (χ2n) is 4.86. The zero-order chi connectivity index (χ0) is 15.5. The van der Waals surface area contributed by atoms with Gasteiger partial charge < -0.3 is 0 Å². The Kier molecular flexibility index (Phi) is 3.69. The molecule has 0 fully saturated rings. The van der Waals surface area contributed by atoms with Crippen molar-refractivity contribution in [1.29, 1.82) is 0 Å². The fraction of sp³-hybridized carbons (Fsp3) is 0.0625. The van der Waals surface area contributed by atoms with Crippen LogP contribution < -0.4 is 0 Å². The lowest BCUT2D eigenvalue weighted by Crippen LogP contribution is -1.96. The first kappa shape index (κ1) is 13.8. The summed E-state index contributed by atoms with van der Waals surface area (Å²) in [5, 5.41) is 13.8. The first-order valence-corrected chi connectivity index (χ1v) is 8.03. The summed E-state index contributed by atoms with van der Waals surface area (Å²) in [5.41, 5.74) is 3.75. The van der Waals surface area contributed by atoms with E-state index >= 15 is 0 Å². The number of aromatic nitrogens is 6. The summed E-state index contributed by atoms with van der Waals surface area (Å²) in [6, 6.07) is 11.7. The van der Waals surface area contributed by atoms with E-state index in [1.165, 1.54) is 0 Å². The number of pyridine rings is 2. The molecule has 0 spiro atoms. The average Bonchev–Trinajstić information content (AvgIpc) is 3.04. The lowest BCUT2D eigenvalue weighted by atomic mass is 10.2. The minimum atomic E-state index is 0.733. The van der Waals surface area contributed by atoms with Gasteiger partial charge in [-0.15, -0.1) is 10.2 Å². The van der Waals surface area contributed by atoms with Crippen molar-refractivity contribution in [2.24, 2.45) is 0 Å². The summed E-state index contributed by atoms with van der Waals surface area (Å²) in [6.07, 6.45) is 7.13. The van der Waals surface area contributed by atoms with Crippen LogP contribution in [-0.2, 0) is 5.75 Å². The quantitative estimate of drug-likeness (QED) is 0.539. The predicted octanol–water partition coefficient (Wildman–Crippen LogP) is 2.87. The standard InChI is InChI=1S/C16H12N6S/c1-2-12(10-18-7-1)11-23-16-20-19-15-4-3-14(21-22(15)16)13-5-8-17-9-6-13/h1-10H,11H2. The van der Waals surface area contributed by atoms with E-state index in [1.807, 2.05) is 42.6 Å². The van der Waals surface area contributed by atoms with Gasteiger partial charge in [-0.3, -0.25) is 9.97 Å². The molecule has 0 bridgehead atoms. The highest BCUT2D eigenvalue weighted by atomic mass is 32.2. The molecule has 7 heteroatoms. The number of fused-ring (bicyclic) bond motifs is 1. The number of nitrogens with zero attached hydrogens (tertiary/aromatic N) is 6. The number of hydrogen-bond acceptors (Lipinski definition) is 6. The summed E-state index contributed by atoms with van der Waals surface area (Å²) < 4.78 is 1.77. The van der Waals surface area contributed by atoms with Crippen LogP contribution in [0.15, 0.2) is 66.3 Å².